The lowest BCUT2D eigenvalue weighted by molar-refractivity contribution is 0.0571. The Morgan fingerprint density at radius 2 is 1.85 bits per heavy atom. The summed E-state index contributed by atoms with van der Waals surface area (Å²) in [5, 5.41) is 0. The zero-order valence-electron chi connectivity index (χ0n) is 12.3. The van der Waals surface area contributed by atoms with Crippen molar-refractivity contribution in [2.75, 3.05) is 35.0 Å². The van der Waals surface area contributed by atoms with Crippen LogP contribution in [-0.2, 0) is 4.84 Å². The summed E-state index contributed by atoms with van der Waals surface area (Å²) in [6, 6.07) is 1.80. The van der Waals surface area contributed by atoms with E-state index in [0.29, 0.717) is 23.9 Å². The van der Waals surface area contributed by atoms with Crippen molar-refractivity contribution in [1.82, 2.24) is 5.48 Å². The first-order valence-electron chi connectivity index (χ1n) is 6.51. The van der Waals surface area contributed by atoms with Gasteiger partial charge < -0.3 is 23.8 Å². The summed E-state index contributed by atoms with van der Waals surface area (Å²) in [5.74, 6) is 2.48. The first-order chi connectivity index (χ1) is 9.76. The van der Waals surface area contributed by atoms with Crippen LogP contribution in [0.25, 0.3) is 0 Å². The van der Waals surface area contributed by atoms with Crippen LogP contribution < -0.4 is 24.4 Å². The second kappa shape index (κ2) is 6.67. The number of fused-ring (bicyclic) bond motifs is 1. The molecule has 0 saturated heterocycles. The van der Waals surface area contributed by atoms with E-state index in [4.69, 9.17) is 23.8 Å². The molecule has 0 amide bonds. The number of ether oxygens (including phenoxy) is 4. The molecule has 1 N–H and O–H groups in total. The van der Waals surface area contributed by atoms with Gasteiger partial charge in [-0.25, -0.2) is 0 Å². The van der Waals surface area contributed by atoms with E-state index in [-0.39, 0.29) is 6.04 Å². The minimum Gasteiger partial charge on any atom is -0.493 e. The highest BCUT2D eigenvalue weighted by molar-refractivity contribution is 5.62. The minimum atomic E-state index is -0.0211. The number of hydrogen-bond donors (Lipinski definition) is 1. The number of methoxy groups -OCH3 is 3. The number of hydroxylamine groups is 1. The van der Waals surface area contributed by atoms with Crippen LogP contribution in [0.15, 0.2) is 6.07 Å². The Kier molecular flexibility index (Phi) is 4.92. The Balaban J connectivity index is 2.60. The van der Waals surface area contributed by atoms with Gasteiger partial charge in [-0.05, 0) is 12.8 Å². The molecule has 0 fully saturated rings. The van der Waals surface area contributed by atoms with Crippen molar-refractivity contribution < 1.29 is 23.8 Å². The number of benzene rings is 1. The van der Waals surface area contributed by atoms with E-state index in [1.807, 2.05) is 6.07 Å². The maximum absolute atomic E-state index is 5.80. The topological polar surface area (TPSA) is 58.2 Å². The quantitative estimate of drug-likeness (QED) is 0.835. The largest absolute Gasteiger partial charge is 0.493 e. The predicted octanol–water partition coefficient (Wildman–Crippen LogP) is 2.08. The van der Waals surface area contributed by atoms with E-state index in [1.54, 1.807) is 28.4 Å². The summed E-state index contributed by atoms with van der Waals surface area (Å²) >= 11 is 0. The normalized spacial score (nSPS) is 17.7. The fraction of sp³-hybridized carbons (Fsp3) is 0.571. The first-order valence-corrected chi connectivity index (χ1v) is 6.51. The molecule has 1 aromatic carbocycles. The average Bonchev–Trinajstić information content (AvgIpc) is 2.68. The van der Waals surface area contributed by atoms with Crippen molar-refractivity contribution in [3.8, 4) is 23.0 Å². The Morgan fingerprint density at radius 3 is 2.45 bits per heavy atom. The number of hydrogen-bond acceptors (Lipinski definition) is 6. The van der Waals surface area contributed by atoms with Crippen molar-refractivity contribution in [3.05, 3.63) is 11.6 Å². The van der Waals surface area contributed by atoms with Crippen molar-refractivity contribution in [3.63, 3.8) is 0 Å². The van der Waals surface area contributed by atoms with Crippen LogP contribution in [0, 0.1) is 0 Å². The summed E-state index contributed by atoms with van der Waals surface area (Å²) in [4.78, 5) is 5.09. The van der Waals surface area contributed by atoms with Gasteiger partial charge in [0.05, 0.1) is 46.7 Å². The molecule has 1 aliphatic rings. The molecule has 0 saturated carbocycles. The fourth-order valence-corrected chi connectivity index (χ4v) is 2.48. The van der Waals surface area contributed by atoms with Gasteiger partial charge in [0.15, 0.2) is 11.5 Å². The Hall–Kier alpha value is -1.66. The van der Waals surface area contributed by atoms with Gasteiger partial charge in [0.2, 0.25) is 5.75 Å². The SMILES string of the molecule is CONC1CCCOc2cc(OC)c(OC)c(OC)c21. The van der Waals surface area contributed by atoms with E-state index >= 15 is 0 Å². The zero-order valence-corrected chi connectivity index (χ0v) is 12.3. The lowest BCUT2D eigenvalue weighted by Gasteiger charge is -2.22. The molecular weight excluding hydrogens is 262 g/mol. The van der Waals surface area contributed by atoms with Crippen LogP contribution in [0.2, 0.25) is 0 Å². The minimum absolute atomic E-state index is 0.0211. The van der Waals surface area contributed by atoms with Crippen molar-refractivity contribution in [1.29, 1.82) is 0 Å². The molecule has 1 unspecified atom stereocenters. The summed E-state index contributed by atoms with van der Waals surface area (Å²) < 4.78 is 22.1. The third-order valence-corrected chi connectivity index (χ3v) is 3.33. The van der Waals surface area contributed by atoms with Crippen LogP contribution in [-0.4, -0.2) is 35.0 Å². The number of rotatable bonds is 5. The molecule has 1 atom stereocenters. The van der Waals surface area contributed by atoms with Crippen LogP contribution in [0.1, 0.15) is 24.4 Å². The molecule has 2 rings (SSSR count). The molecular formula is C14H21NO5. The predicted molar refractivity (Wildman–Crippen MR) is 73.7 cm³/mol. The fourth-order valence-electron chi connectivity index (χ4n) is 2.48. The maximum Gasteiger partial charge on any atom is 0.203 e. The summed E-state index contributed by atoms with van der Waals surface area (Å²) in [6.45, 7) is 0.646. The van der Waals surface area contributed by atoms with Crippen molar-refractivity contribution in [2.24, 2.45) is 0 Å². The zero-order chi connectivity index (χ0) is 14.5. The second-order valence-electron chi connectivity index (χ2n) is 4.42. The molecule has 0 radical (unpaired) electrons. The molecule has 6 heteroatoms. The van der Waals surface area contributed by atoms with Gasteiger partial charge in [-0.15, -0.1) is 0 Å². The van der Waals surface area contributed by atoms with Gasteiger partial charge >= 0.3 is 0 Å². The molecule has 112 valence electrons. The van der Waals surface area contributed by atoms with E-state index in [1.165, 1.54) is 0 Å². The highest BCUT2D eigenvalue weighted by Gasteiger charge is 2.29. The third kappa shape index (κ3) is 2.62. The molecule has 0 bridgehead atoms. The summed E-state index contributed by atoms with van der Waals surface area (Å²) in [7, 11) is 6.37. The monoisotopic (exact) mass is 283 g/mol. The lowest BCUT2D eigenvalue weighted by atomic mass is 10.0. The molecule has 0 spiro atoms. The lowest BCUT2D eigenvalue weighted by Crippen LogP contribution is -2.20. The van der Waals surface area contributed by atoms with Crippen LogP contribution >= 0.6 is 0 Å². The smallest absolute Gasteiger partial charge is 0.203 e. The van der Waals surface area contributed by atoms with Crippen LogP contribution in [0.5, 0.6) is 23.0 Å². The molecule has 1 heterocycles. The van der Waals surface area contributed by atoms with Crippen LogP contribution in [0.4, 0.5) is 0 Å². The van der Waals surface area contributed by atoms with Crippen molar-refractivity contribution >= 4 is 0 Å². The van der Waals surface area contributed by atoms with Gasteiger partial charge in [-0.1, -0.05) is 0 Å². The molecule has 1 aromatic rings. The Morgan fingerprint density at radius 1 is 1.10 bits per heavy atom. The van der Waals surface area contributed by atoms with Gasteiger partial charge in [0, 0.05) is 6.07 Å². The highest BCUT2D eigenvalue weighted by atomic mass is 16.6. The third-order valence-electron chi connectivity index (χ3n) is 3.33. The Bertz CT molecular complexity index is 463. The van der Waals surface area contributed by atoms with E-state index < -0.39 is 0 Å². The van der Waals surface area contributed by atoms with Crippen molar-refractivity contribution in [2.45, 2.75) is 18.9 Å². The molecule has 0 aromatic heterocycles. The Labute approximate surface area is 118 Å². The molecule has 6 nitrogen and oxygen atoms in total. The standard InChI is InChI=1S/C14H21NO5/c1-16-11-8-10-12(14(18-3)13(11)17-2)9(15-19-4)6-5-7-20-10/h8-9,15H,5-7H2,1-4H3. The maximum atomic E-state index is 5.80. The van der Waals surface area contributed by atoms with E-state index in [9.17, 15) is 0 Å². The molecule has 20 heavy (non-hydrogen) atoms. The summed E-state index contributed by atoms with van der Waals surface area (Å²) in [6.07, 6.45) is 1.80. The van der Waals surface area contributed by atoms with Gasteiger partial charge in [-0.2, -0.15) is 5.48 Å². The first kappa shape index (κ1) is 14.7. The van der Waals surface area contributed by atoms with Gasteiger partial charge in [0.25, 0.3) is 0 Å². The molecule has 0 aliphatic carbocycles. The average molecular weight is 283 g/mol. The van der Waals surface area contributed by atoms with E-state index in [0.717, 1.165) is 24.2 Å². The van der Waals surface area contributed by atoms with Gasteiger partial charge in [-0.3, -0.25) is 0 Å². The van der Waals surface area contributed by atoms with Crippen LogP contribution in [0.3, 0.4) is 0 Å². The summed E-state index contributed by atoms with van der Waals surface area (Å²) in [5.41, 5.74) is 3.88. The number of nitrogens with one attached hydrogen (secondary N) is 1. The van der Waals surface area contributed by atoms with Gasteiger partial charge in [0.1, 0.15) is 5.75 Å². The highest BCUT2D eigenvalue weighted by Crippen LogP contribution is 2.49. The van der Waals surface area contributed by atoms with E-state index in [2.05, 4.69) is 5.48 Å². The second-order valence-corrected chi connectivity index (χ2v) is 4.42. The molecule has 1 aliphatic heterocycles.